The molecule has 1 N–H and O–H groups in total. The Labute approximate surface area is 263 Å². The van der Waals surface area contributed by atoms with E-state index >= 15 is 0 Å². The number of anilines is 2. The fraction of sp³-hybridized carbons (Fsp3) is 0.0698. The van der Waals surface area contributed by atoms with Crippen molar-refractivity contribution in [3.63, 3.8) is 0 Å². The Hall–Kier alpha value is -5.60. The van der Waals surface area contributed by atoms with Crippen LogP contribution in [0.3, 0.4) is 0 Å². The largest absolute Gasteiger partial charge is 0.380 e. The highest BCUT2D eigenvalue weighted by atomic mass is 15.1. The zero-order chi connectivity index (χ0) is 29.9. The summed E-state index contributed by atoms with van der Waals surface area (Å²) in [4.78, 5) is 2.39. The van der Waals surface area contributed by atoms with E-state index in [0.29, 0.717) is 0 Å². The second kappa shape index (κ2) is 10.2. The van der Waals surface area contributed by atoms with E-state index in [0.717, 1.165) is 13.1 Å². The van der Waals surface area contributed by atoms with Gasteiger partial charge in [-0.1, -0.05) is 109 Å². The van der Waals surface area contributed by atoms with Gasteiger partial charge in [0, 0.05) is 37.1 Å². The number of fused-ring (bicyclic) bond motifs is 7. The molecule has 9 rings (SSSR count). The third-order valence-electron chi connectivity index (χ3n) is 9.61. The van der Waals surface area contributed by atoms with Gasteiger partial charge in [0.2, 0.25) is 0 Å². The molecular weight excluding hydrogens is 544 g/mol. The van der Waals surface area contributed by atoms with E-state index in [1.54, 1.807) is 0 Å². The zero-order valence-electron chi connectivity index (χ0n) is 25.2. The van der Waals surface area contributed by atoms with Gasteiger partial charge in [-0.3, -0.25) is 0 Å². The first-order chi connectivity index (χ1) is 22.2. The molecule has 0 fully saturated rings. The molecule has 0 saturated heterocycles. The molecule has 2 heterocycles. The van der Waals surface area contributed by atoms with Gasteiger partial charge in [0.05, 0.1) is 0 Å². The quantitative estimate of drug-likeness (QED) is 0.225. The van der Waals surface area contributed by atoms with E-state index in [9.17, 15) is 0 Å². The summed E-state index contributed by atoms with van der Waals surface area (Å²) < 4.78 is 0. The van der Waals surface area contributed by atoms with Crippen LogP contribution in [0, 0.1) is 0 Å². The van der Waals surface area contributed by atoms with Gasteiger partial charge >= 0.3 is 0 Å². The molecule has 2 heteroatoms. The Balaban J connectivity index is 1.19. The van der Waals surface area contributed by atoms with Crippen LogP contribution < -0.4 is 10.2 Å². The standard InChI is InChI=1S/C43H32N2/c1-45-27-34(24-32-23-31(20-21-42(32)45)30-19-18-28-10-2-3-11-29(28)22-30)35-12-4-5-13-36(35)40-25-33-26-44-41-17-9-8-16-39(41)43(33)38-15-7-6-14-37(38)40/h2-25,44H,26-27H2,1H3. The van der Waals surface area contributed by atoms with Gasteiger partial charge in [0.15, 0.2) is 0 Å². The number of hydrogen-bond donors (Lipinski definition) is 1. The highest BCUT2D eigenvalue weighted by Gasteiger charge is 2.23. The Bertz CT molecular complexity index is 2330. The van der Waals surface area contributed by atoms with Crippen LogP contribution >= 0.6 is 0 Å². The number of likely N-dealkylation sites (N-methyl/N-ethyl adjacent to an activating group) is 1. The Morgan fingerprint density at radius 2 is 1.24 bits per heavy atom. The molecule has 2 nitrogen and oxygen atoms in total. The van der Waals surface area contributed by atoms with Crippen molar-refractivity contribution in [3.8, 4) is 33.4 Å². The second-order valence-electron chi connectivity index (χ2n) is 12.3. The van der Waals surface area contributed by atoms with Crippen LogP contribution in [-0.4, -0.2) is 13.6 Å². The van der Waals surface area contributed by atoms with Crippen LogP contribution in [0.25, 0.3) is 66.6 Å². The molecule has 214 valence electrons. The van der Waals surface area contributed by atoms with Crippen molar-refractivity contribution in [2.24, 2.45) is 0 Å². The number of para-hydroxylation sites is 1. The molecule has 7 aromatic rings. The molecule has 0 atom stereocenters. The molecule has 2 aliphatic heterocycles. The Morgan fingerprint density at radius 3 is 2.13 bits per heavy atom. The minimum Gasteiger partial charge on any atom is -0.380 e. The predicted octanol–water partition coefficient (Wildman–Crippen LogP) is 10.9. The minimum absolute atomic E-state index is 0.822. The molecular formula is C43H32N2. The minimum atomic E-state index is 0.822. The molecule has 7 aromatic carbocycles. The summed E-state index contributed by atoms with van der Waals surface area (Å²) in [5.74, 6) is 0. The summed E-state index contributed by atoms with van der Waals surface area (Å²) in [7, 11) is 2.21. The van der Waals surface area contributed by atoms with Crippen molar-refractivity contribution >= 4 is 44.6 Å². The maximum atomic E-state index is 3.67. The topological polar surface area (TPSA) is 15.3 Å². The fourth-order valence-electron chi connectivity index (χ4n) is 7.46. The highest BCUT2D eigenvalue weighted by Crippen LogP contribution is 2.45. The normalized spacial score (nSPS) is 13.5. The van der Waals surface area contributed by atoms with Crippen LogP contribution in [0.5, 0.6) is 0 Å². The second-order valence-corrected chi connectivity index (χ2v) is 12.3. The summed E-state index contributed by atoms with van der Waals surface area (Å²) in [5.41, 5.74) is 15.4. The van der Waals surface area contributed by atoms with E-state index in [-0.39, 0.29) is 0 Å². The van der Waals surface area contributed by atoms with Crippen LogP contribution in [-0.2, 0) is 6.54 Å². The van der Waals surface area contributed by atoms with E-state index in [4.69, 9.17) is 0 Å². The molecule has 45 heavy (non-hydrogen) atoms. The smallest absolute Gasteiger partial charge is 0.0440 e. The van der Waals surface area contributed by atoms with Crippen molar-refractivity contribution < 1.29 is 0 Å². The van der Waals surface area contributed by atoms with E-state index < -0.39 is 0 Å². The Morgan fingerprint density at radius 1 is 0.556 bits per heavy atom. The van der Waals surface area contributed by atoms with E-state index in [2.05, 4.69) is 163 Å². The average Bonchev–Trinajstić information content (AvgIpc) is 3.10. The lowest BCUT2D eigenvalue weighted by Crippen LogP contribution is -2.23. The fourth-order valence-corrected chi connectivity index (χ4v) is 7.46. The third-order valence-corrected chi connectivity index (χ3v) is 9.61. The molecule has 0 bridgehead atoms. The molecule has 0 spiro atoms. The van der Waals surface area contributed by atoms with Crippen LogP contribution in [0.15, 0.2) is 140 Å². The van der Waals surface area contributed by atoms with Crippen molar-refractivity contribution in [2.45, 2.75) is 6.54 Å². The van der Waals surface area contributed by atoms with E-state index in [1.807, 2.05) is 0 Å². The van der Waals surface area contributed by atoms with Crippen molar-refractivity contribution in [1.29, 1.82) is 0 Å². The monoisotopic (exact) mass is 576 g/mol. The molecule has 0 aromatic heterocycles. The third kappa shape index (κ3) is 4.25. The lowest BCUT2D eigenvalue weighted by atomic mass is 9.83. The zero-order valence-corrected chi connectivity index (χ0v) is 25.2. The average molecular weight is 577 g/mol. The first-order valence-corrected chi connectivity index (χ1v) is 15.7. The van der Waals surface area contributed by atoms with Crippen molar-refractivity contribution in [2.75, 3.05) is 23.8 Å². The van der Waals surface area contributed by atoms with Crippen LogP contribution in [0.1, 0.15) is 16.7 Å². The van der Waals surface area contributed by atoms with Gasteiger partial charge in [-0.05, 0) is 108 Å². The van der Waals surface area contributed by atoms with Gasteiger partial charge in [-0.2, -0.15) is 0 Å². The summed E-state index contributed by atoms with van der Waals surface area (Å²) in [6, 6.07) is 51.3. The van der Waals surface area contributed by atoms with Crippen LogP contribution in [0.2, 0.25) is 0 Å². The van der Waals surface area contributed by atoms with E-state index in [1.165, 1.54) is 88.6 Å². The highest BCUT2D eigenvalue weighted by molar-refractivity contribution is 6.10. The van der Waals surface area contributed by atoms with Gasteiger partial charge in [0.25, 0.3) is 0 Å². The summed E-state index contributed by atoms with van der Waals surface area (Å²) in [5, 5.41) is 8.82. The lowest BCUT2D eigenvalue weighted by Gasteiger charge is -2.30. The van der Waals surface area contributed by atoms with Gasteiger partial charge in [0.1, 0.15) is 0 Å². The number of rotatable bonds is 3. The van der Waals surface area contributed by atoms with Crippen molar-refractivity contribution in [1.82, 2.24) is 0 Å². The maximum Gasteiger partial charge on any atom is 0.0440 e. The predicted molar refractivity (Wildman–Crippen MR) is 193 cm³/mol. The summed E-state index contributed by atoms with van der Waals surface area (Å²) >= 11 is 0. The number of benzene rings is 7. The first kappa shape index (κ1) is 25.9. The molecule has 0 amide bonds. The molecule has 0 unspecified atom stereocenters. The molecule has 0 aliphatic carbocycles. The lowest BCUT2D eigenvalue weighted by molar-refractivity contribution is 1.03. The first-order valence-electron chi connectivity index (χ1n) is 15.7. The van der Waals surface area contributed by atoms with Gasteiger partial charge < -0.3 is 10.2 Å². The number of hydrogen-bond acceptors (Lipinski definition) is 2. The maximum absolute atomic E-state index is 3.67. The Kier molecular flexibility index (Phi) is 5.89. The van der Waals surface area contributed by atoms with Gasteiger partial charge in [-0.15, -0.1) is 0 Å². The molecule has 0 radical (unpaired) electrons. The molecule has 0 saturated carbocycles. The number of nitrogens with zero attached hydrogens (tertiary/aromatic N) is 1. The van der Waals surface area contributed by atoms with Crippen LogP contribution in [0.4, 0.5) is 11.4 Å². The van der Waals surface area contributed by atoms with Gasteiger partial charge in [-0.25, -0.2) is 0 Å². The summed E-state index contributed by atoms with van der Waals surface area (Å²) in [6.07, 6.45) is 2.41. The van der Waals surface area contributed by atoms with Crippen molar-refractivity contribution in [3.05, 3.63) is 156 Å². The summed E-state index contributed by atoms with van der Waals surface area (Å²) in [6.45, 7) is 1.68. The SMILES string of the molecule is CN1CC(c2ccccc2-c2cc3c(c4ccccc24)-c2ccccc2NC3)=Cc2cc(-c3ccc4ccccc4c3)ccc21. The molecule has 2 aliphatic rings. The number of nitrogens with one attached hydrogen (secondary N) is 1.